The van der Waals surface area contributed by atoms with Crippen molar-refractivity contribution in [3.05, 3.63) is 65.1 Å². The normalized spacial score (nSPS) is 17.9. The molecule has 0 atom stereocenters. The first-order chi connectivity index (χ1) is 13.4. The average Bonchev–Trinajstić information content (AvgIpc) is 2.91. The van der Waals surface area contributed by atoms with Crippen molar-refractivity contribution in [2.75, 3.05) is 20.1 Å². The van der Waals surface area contributed by atoms with Gasteiger partial charge < -0.3 is 21.7 Å². The summed E-state index contributed by atoms with van der Waals surface area (Å²) in [4.78, 5) is 39.5. The van der Waals surface area contributed by atoms with Crippen molar-refractivity contribution in [1.82, 2.24) is 15.1 Å². The molecular formula is C20H23N5O3. The molecule has 0 saturated heterocycles. The highest BCUT2D eigenvalue weighted by molar-refractivity contribution is 6.19. The van der Waals surface area contributed by atoms with E-state index in [0.717, 1.165) is 10.5 Å². The second-order valence-electron chi connectivity index (χ2n) is 6.68. The van der Waals surface area contributed by atoms with Crippen LogP contribution in [0.1, 0.15) is 18.4 Å². The van der Waals surface area contributed by atoms with Gasteiger partial charge in [-0.25, -0.2) is 0 Å². The van der Waals surface area contributed by atoms with E-state index in [-0.39, 0.29) is 30.1 Å². The quantitative estimate of drug-likeness (QED) is 0.497. The van der Waals surface area contributed by atoms with Gasteiger partial charge in [-0.15, -0.1) is 0 Å². The number of carbonyl (C=O) groups excluding carboxylic acids is 3. The molecule has 1 aromatic rings. The lowest BCUT2D eigenvalue weighted by Crippen LogP contribution is -2.41. The average molecular weight is 381 g/mol. The molecule has 0 bridgehead atoms. The minimum absolute atomic E-state index is 0.0574. The van der Waals surface area contributed by atoms with E-state index in [1.807, 2.05) is 30.3 Å². The Labute approximate surface area is 163 Å². The molecule has 8 heteroatoms. The number of nitrogens with one attached hydrogen (secondary N) is 1. The molecule has 2 aliphatic rings. The number of nitrogens with two attached hydrogens (primary N) is 2. The first-order valence-electron chi connectivity index (χ1n) is 8.97. The van der Waals surface area contributed by atoms with Crippen molar-refractivity contribution in [2.24, 2.45) is 11.5 Å². The molecular weight excluding hydrogens is 358 g/mol. The van der Waals surface area contributed by atoms with Crippen LogP contribution in [0.5, 0.6) is 0 Å². The van der Waals surface area contributed by atoms with Crippen LogP contribution in [0.3, 0.4) is 0 Å². The van der Waals surface area contributed by atoms with Crippen molar-refractivity contribution < 1.29 is 14.4 Å². The Morgan fingerprint density at radius 1 is 1.14 bits per heavy atom. The van der Waals surface area contributed by atoms with E-state index >= 15 is 0 Å². The highest BCUT2D eigenvalue weighted by Crippen LogP contribution is 2.30. The minimum atomic E-state index is -0.371. The molecule has 0 spiro atoms. The number of imide groups is 1. The molecule has 0 aromatic heterocycles. The summed E-state index contributed by atoms with van der Waals surface area (Å²) in [6.07, 6.45) is 4.38. The number of likely N-dealkylation sites (N-methyl/N-ethyl adjacent to an activating group) is 1. The zero-order chi connectivity index (χ0) is 20.3. The standard InChI is InChI=1S/C20H23N5O3/c1-24-19(27)14-8-5-11-25(18(14)20(24)28)12-17(26)23-16(22)10-9-15(21)13-6-3-2-4-7-13/h2-4,6-7,9-10H,5,8,11-12,21-22H2,1H3,(H,23,26)/b15-9-,16-10+. The molecule has 0 fully saturated rings. The third-order valence-corrected chi connectivity index (χ3v) is 4.69. The van der Waals surface area contributed by atoms with Gasteiger partial charge in [0.2, 0.25) is 5.91 Å². The maximum absolute atomic E-state index is 12.3. The Morgan fingerprint density at radius 2 is 1.86 bits per heavy atom. The fourth-order valence-electron chi connectivity index (χ4n) is 3.27. The Morgan fingerprint density at radius 3 is 2.57 bits per heavy atom. The van der Waals surface area contributed by atoms with Gasteiger partial charge in [-0.05, 0) is 30.6 Å². The third-order valence-electron chi connectivity index (χ3n) is 4.69. The number of amides is 3. The molecule has 1 aromatic carbocycles. The Balaban J connectivity index is 1.64. The molecule has 3 amide bonds. The molecule has 0 radical (unpaired) electrons. The molecule has 8 nitrogen and oxygen atoms in total. The van der Waals surface area contributed by atoms with E-state index in [9.17, 15) is 14.4 Å². The summed E-state index contributed by atoms with van der Waals surface area (Å²) in [5.74, 6) is -0.884. The molecule has 5 N–H and O–H groups in total. The van der Waals surface area contributed by atoms with Gasteiger partial charge in [0, 0.05) is 24.9 Å². The number of hydrogen-bond donors (Lipinski definition) is 3. The number of rotatable bonds is 5. The second-order valence-corrected chi connectivity index (χ2v) is 6.68. The lowest BCUT2D eigenvalue weighted by molar-refractivity contribution is -0.136. The number of benzene rings is 1. The molecule has 0 saturated carbocycles. The third kappa shape index (κ3) is 3.90. The van der Waals surface area contributed by atoms with Crippen molar-refractivity contribution in [3.63, 3.8) is 0 Å². The highest BCUT2D eigenvalue weighted by Gasteiger charge is 2.40. The van der Waals surface area contributed by atoms with Crippen LogP contribution in [-0.4, -0.2) is 47.7 Å². The van der Waals surface area contributed by atoms with Crippen LogP contribution in [-0.2, 0) is 14.4 Å². The SMILES string of the molecule is CN1C(=O)C2=C(C1=O)N(CC(=O)N/C(N)=C/C=C(\N)c1ccccc1)CCC2. The monoisotopic (exact) mass is 381 g/mol. The summed E-state index contributed by atoms with van der Waals surface area (Å²) >= 11 is 0. The first kappa shape index (κ1) is 19.2. The summed E-state index contributed by atoms with van der Waals surface area (Å²) in [5, 5.41) is 2.58. The van der Waals surface area contributed by atoms with E-state index in [1.165, 1.54) is 13.1 Å². The highest BCUT2D eigenvalue weighted by atomic mass is 16.2. The molecule has 0 aliphatic carbocycles. The van der Waals surface area contributed by atoms with Gasteiger partial charge in [0.15, 0.2) is 0 Å². The van der Waals surface area contributed by atoms with Crippen molar-refractivity contribution in [1.29, 1.82) is 0 Å². The van der Waals surface area contributed by atoms with Crippen LogP contribution in [0.15, 0.2) is 59.6 Å². The second kappa shape index (κ2) is 7.99. The predicted octanol–water partition coefficient (Wildman–Crippen LogP) is 0.251. The zero-order valence-corrected chi connectivity index (χ0v) is 15.6. The van der Waals surface area contributed by atoms with E-state index in [4.69, 9.17) is 11.5 Å². The van der Waals surface area contributed by atoms with Gasteiger partial charge in [0.25, 0.3) is 11.8 Å². The van der Waals surface area contributed by atoms with Gasteiger partial charge in [0.05, 0.1) is 6.54 Å². The van der Waals surface area contributed by atoms with Crippen LogP contribution in [0.25, 0.3) is 5.70 Å². The largest absolute Gasteiger partial charge is 0.398 e. The van der Waals surface area contributed by atoms with E-state index in [2.05, 4.69) is 5.32 Å². The van der Waals surface area contributed by atoms with Gasteiger partial charge in [0.1, 0.15) is 11.5 Å². The molecule has 2 heterocycles. The Hall–Kier alpha value is -3.55. The van der Waals surface area contributed by atoms with Crippen molar-refractivity contribution >= 4 is 23.4 Å². The van der Waals surface area contributed by atoms with Crippen molar-refractivity contribution in [2.45, 2.75) is 12.8 Å². The topological polar surface area (TPSA) is 122 Å². The van der Waals surface area contributed by atoms with Crippen LogP contribution in [0, 0.1) is 0 Å². The van der Waals surface area contributed by atoms with Gasteiger partial charge in [-0.2, -0.15) is 0 Å². The first-order valence-corrected chi connectivity index (χ1v) is 8.97. The predicted molar refractivity (Wildman–Crippen MR) is 105 cm³/mol. The smallest absolute Gasteiger partial charge is 0.277 e. The number of allylic oxidation sites excluding steroid dienone is 2. The summed E-state index contributed by atoms with van der Waals surface area (Å²) in [5.41, 5.74) is 14.0. The molecule has 3 rings (SSSR count). The molecule has 2 aliphatic heterocycles. The molecule has 0 unspecified atom stereocenters. The van der Waals surface area contributed by atoms with Crippen LogP contribution in [0.4, 0.5) is 0 Å². The van der Waals surface area contributed by atoms with Gasteiger partial charge in [-0.3, -0.25) is 19.3 Å². The van der Waals surface area contributed by atoms with Gasteiger partial charge in [-0.1, -0.05) is 30.3 Å². The lowest BCUT2D eigenvalue weighted by atomic mass is 10.0. The van der Waals surface area contributed by atoms with Crippen LogP contribution < -0.4 is 16.8 Å². The van der Waals surface area contributed by atoms with Crippen LogP contribution in [0.2, 0.25) is 0 Å². The van der Waals surface area contributed by atoms with E-state index in [0.29, 0.717) is 36.4 Å². The maximum atomic E-state index is 12.3. The summed E-state index contributed by atoms with van der Waals surface area (Å²) in [7, 11) is 1.45. The summed E-state index contributed by atoms with van der Waals surface area (Å²) < 4.78 is 0. The number of hydrogen-bond acceptors (Lipinski definition) is 6. The minimum Gasteiger partial charge on any atom is -0.398 e. The van der Waals surface area contributed by atoms with Crippen molar-refractivity contribution in [3.8, 4) is 0 Å². The van der Waals surface area contributed by atoms with Crippen LogP contribution >= 0.6 is 0 Å². The maximum Gasteiger partial charge on any atom is 0.277 e. The molecule has 28 heavy (non-hydrogen) atoms. The fraction of sp³-hybridized carbons (Fsp3) is 0.250. The fourth-order valence-corrected chi connectivity index (χ4v) is 3.27. The summed E-state index contributed by atoms with van der Waals surface area (Å²) in [6.45, 7) is 0.474. The molecule has 146 valence electrons. The number of carbonyl (C=O) groups is 3. The number of nitrogens with zero attached hydrogens (tertiary/aromatic N) is 2. The Kier molecular flexibility index (Phi) is 5.49. The van der Waals surface area contributed by atoms with E-state index < -0.39 is 0 Å². The van der Waals surface area contributed by atoms with Gasteiger partial charge >= 0.3 is 0 Å². The lowest BCUT2D eigenvalue weighted by Gasteiger charge is -2.28. The zero-order valence-electron chi connectivity index (χ0n) is 15.6. The summed E-state index contributed by atoms with van der Waals surface area (Å²) in [6, 6.07) is 9.38. The Bertz CT molecular complexity index is 902. The van der Waals surface area contributed by atoms with E-state index in [1.54, 1.807) is 11.0 Å².